The molecule has 0 bridgehead atoms. The third kappa shape index (κ3) is 2.35. The molecule has 0 aliphatic heterocycles. The van der Waals surface area contributed by atoms with Gasteiger partial charge in [0.25, 0.3) is 0 Å². The van der Waals surface area contributed by atoms with Crippen molar-refractivity contribution in [3.05, 3.63) is 11.6 Å². The Hall–Kier alpha value is -0.630. The fourth-order valence-electron chi connectivity index (χ4n) is 6.83. The van der Waals surface area contributed by atoms with Crippen LogP contribution in [0.5, 0.6) is 0 Å². The van der Waals surface area contributed by atoms with Gasteiger partial charge in [0, 0.05) is 18.4 Å². The highest BCUT2D eigenvalue weighted by Gasteiger charge is 2.58. The molecule has 2 nitrogen and oxygen atoms in total. The van der Waals surface area contributed by atoms with E-state index in [1.54, 1.807) is 5.57 Å². The lowest BCUT2D eigenvalue weighted by Crippen LogP contribution is -2.50. The zero-order chi connectivity index (χ0) is 16.9. The van der Waals surface area contributed by atoms with Gasteiger partial charge in [0.15, 0.2) is 0 Å². The molecule has 6 atom stereocenters. The predicted octanol–water partition coefficient (Wildman–Crippen LogP) is 5.31. The normalized spacial score (nSPS) is 47.6. The van der Waals surface area contributed by atoms with Crippen molar-refractivity contribution < 1.29 is 9.53 Å². The minimum Gasteiger partial charge on any atom is -0.378 e. The van der Waals surface area contributed by atoms with Gasteiger partial charge in [-0.05, 0) is 74.5 Å². The van der Waals surface area contributed by atoms with Crippen LogP contribution in [0.15, 0.2) is 11.6 Å². The summed E-state index contributed by atoms with van der Waals surface area (Å²) < 4.78 is 6.08. The van der Waals surface area contributed by atoms with Crippen LogP contribution in [0.25, 0.3) is 0 Å². The molecule has 4 aliphatic rings. The number of ether oxygens (including phenoxy) is 1. The molecule has 3 saturated carbocycles. The number of rotatable bonds is 3. The molecular weight excluding hydrogens is 296 g/mol. The number of fused-ring (bicyclic) bond motifs is 5. The van der Waals surface area contributed by atoms with Crippen molar-refractivity contribution in [3.63, 3.8) is 0 Å². The number of ketones is 1. The van der Waals surface area contributed by atoms with E-state index in [4.69, 9.17) is 4.74 Å². The van der Waals surface area contributed by atoms with Gasteiger partial charge >= 0.3 is 0 Å². The Balaban J connectivity index is 1.56. The number of hydrogen-bond donors (Lipinski definition) is 0. The molecule has 3 fully saturated rings. The van der Waals surface area contributed by atoms with Crippen LogP contribution in [0, 0.1) is 28.6 Å². The van der Waals surface area contributed by atoms with E-state index >= 15 is 0 Å². The Labute approximate surface area is 147 Å². The van der Waals surface area contributed by atoms with E-state index in [1.165, 1.54) is 25.7 Å². The summed E-state index contributed by atoms with van der Waals surface area (Å²) in [7, 11) is 0. The molecule has 0 heterocycles. The van der Waals surface area contributed by atoms with Crippen molar-refractivity contribution in [3.8, 4) is 0 Å². The van der Waals surface area contributed by atoms with E-state index in [2.05, 4.69) is 26.8 Å². The van der Waals surface area contributed by atoms with Gasteiger partial charge in [-0.25, -0.2) is 0 Å². The Morgan fingerprint density at radius 3 is 2.67 bits per heavy atom. The molecule has 24 heavy (non-hydrogen) atoms. The van der Waals surface area contributed by atoms with E-state index < -0.39 is 0 Å². The molecule has 0 aromatic heterocycles. The molecule has 134 valence electrons. The van der Waals surface area contributed by atoms with Gasteiger partial charge < -0.3 is 4.74 Å². The quantitative estimate of drug-likeness (QED) is 0.655. The second-order valence-electron chi connectivity index (χ2n) is 9.41. The van der Waals surface area contributed by atoms with Crippen LogP contribution < -0.4 is 0 Å². The van der Waals surface area contributed by atoms with E-state index in [0.717, 1.165) is 50.5 Å². The molecule has 2 heteroatoms. The third-order valence-electron chi connectivity index (χ3n) is 8.33. The number of carbonyl (C=O) groups is 1. The van der Waals surface area contributed by atoms with Crippen molar-refractivity contribution in [2.45, 2.75) is 84.7 Å². The molecule has 4 rings (SSSR count). The second-order valence-corrected chi connectivity index (χ2v) is 9.41. The van der Waals surface area contributed by atoms with Gasteiger partial charge in [-0.1, -0.05) is 32.4 Å². The number of Topliss-reactive ketones (excluding diaryl/α,β-unsaturated/α-hetero) is 1. The second kappa shape index (κ2) is 5.97. The zero-order valence-electron chi connectivity index (χ0n) is 15.8. The molecule has 0 N–H and O–H groups in total. The van der Waals surface area contributed by atoms with Crippen LogP contribution >= 0.6 is 0 Å². The molecule has 0 amide bonds. The summed E-state index contributed by atoms with van der Waals surface area (Å²) in [5, 5.41) is 0. The summed E-state index contributed by atoms with van der Waals surface area (Å²) >= 11 is 0. The zero-order valence-corrected chi connectivity index (χ0v) is 15.8. The lowest BCUT2D eigenvalue weighted by Gasteiger charge is -2.57. The van der Waals surface area contributed by atoms with E-state index in [1.807, 2.05) is 0 Å². The van der Waals surface area contributed by atoms with Gasteiger partial charge in [-0.3, -0.25) is 4.79 Å². The standard InChI is InChI=1S/C22H34O2/c1-4-13-24-16-9-11-21(2)15(14-16)5-6-17-18-7-8-20(23)22(18,3)12-10-19(17)21/h5,16-19H,4,6-14H2,1-3H3/t16?,17-,18-,19-,21-,22-/m0/s1. The average molecular weight is 331 g/mol. The monoisotopic (exact) mass is 330 g/mol. The maximum atomic E-state index is 12.5. The van der Waals surface area contributed by atoms with Crippen molar-refractivity contribution >= 4 is 5.78 Å². The van der Waals surface area contributed by atoms with Crippen molar-refractivity contribution in [2.24, 2.45) is 28.6 Å². The number of carbonyl (C=O) groups excluding carboxylic acids is 1. The average Bonchev–Trinajstić information content (AvgIpc) is 2.88. The van der Waals surface area contributed by atoms with Crippen LogP contribution in [-0.4, -0.2) is 18.5 Å². The van der Waals surface area contributed by atoms with Gasteiger partial charge in [0.1, 0.15) is 5.78 Å². The SMILES string of the molecule is CCCOC1CC[C@@]2(C)C(=CC[C@@H]3[C@@H]2CC[C@]2(C)C(=O)CC[C@@H]32)C1. The molecule has 0 saturated heterocycles. The van der Waals surface area contributed by atoms with Crippen LogP contribution in [-0.2, 0) is 9.53 Å². The van der Waals surface area contributed by atoms with Gasteiger partial charge in [0.05, 0.1) is 6.10 Å². The first-order valence-electron chi connectivity index (χ1n) is 10.3. The Morgan fingerprint density at radius 1 is 1.12 bits per heavy atom. The fraction of sp³-hybridized carbons (Fsp3) is 0.864. The Kier molecular flexibility index (Phi) is 4.18. The largest absolute Gasteiger partial charge is 0.378 e. The maximum Gasteiger partial charge on any atom is 0.139 e. The topological polar surface area (TPSA) is 26.3 Å². The minimum atomic E-state index is 0.00427. The van der Waals surface area contributed by atoms with Gasteiger partial charge in [-0.15, -0.1) is 0 Å². The summed E-state index contributed by atoms with van der Waals surface area (Å²) in [5.41, 5.74) is 2.07. The molecule has 1 unspecified atom stereocenters. The molecule has 0 radical (unpaired) electrons. The number of allylic oxidation sites excluding steroid dienone is 1. The van der Waals surface area contributed by atoms with Crippen LogP contribution in [0.2, 0.25) is 0 Å². The summed E-state index contributed by atoms with van der Waals surface area (Å²) in [6, 6.07) is 0. The fourth-order valence-corrected chi connectivity index (χ4v) is 6.83. The van der Waals surface area contributed by atoms with E-state index in [0.29, 0.717) is 23.2 Å². The van der Waals surface area contributed by atoms with Crippen molar-refractivity contribution in [1.82, 2.24) is 0 Å². The van der Waals surface area contributed by atoms with Crippen LogP contribution in [0.1, 0.15) is 78.6 Å². The van der Waals surface area contributed by atoms with E-state index in [9.17, 15) is 4.79 Å². The summed E-state index contributed by atoms with van der Waals surface area (Å²) in [6.07, 6.45) is 13.4. The first kappa shape index (κ1) is 16.8. The number of hydrogen-bond acceptors (Lipinski definition) is 2. The smallest absolute Gasteiger partial charge is 0.139 e. The molecule has 0 aromatic rings. The Morgan fingerprint density at radius 2 is 1.88 bits per heavy atom. The summed E-state index contributed by atoms with van der Waals surface area (Å²) in [6.45, 7) is 7.91. The predicted molar refractivity (Wildman–Crippen MR) is 96.7 cm³/mol. The molecule has 4 aliphatic carbocycles. The summed E-state index contributed by atoms with van der Waals surface area (Å²) in [4.78, 5) is 12.5. The molecule has 0 spiro atoms. The molecule has 0 aromatic carbocycles. The van der Waals surface area contributed by atoms with Crippen molar-refractivity contribution in [1.29, 1.82) is 0 Å². The third-order valence-corrected chi connectivity index (χ3v) is 8.33. The Bertz CT molecular complexity index is 550. The van der Waals surface area contributed by atoms with Gasteiger partial charge in [-0.2, -0.15) is 0 Å². The highest BCUT2D eigenvalue weighted by molar-refractivity contribution is 5.87. The molecular formula is C22H34O2. The van der Waals surface area contributed by atoms with Crippen LogP contribution in [0.4, 0.5) is 0 Å². The highest BCUT2D eigenvalue weighted by atomic mass is 16.5. The highest BCUT2D eigenvalue weighted by Crippen LogP contribution is 2.64. The van der Waals surface area contributed by atoms with Crippen molar-refractivity contribution in [2.75, 3.05) is 6.61 Å². The first-order chi connectivity index (χ1) is 11.5. The van der Waals surface area contributed by atoms with E-state index in [-0.39, 0.29) is 5.41 Å². The van der Waals surface area contributed by atoms with Gasteiger partial charge in [0.2, 0.25) is 0 Å². The lowest BCUT2D eigenvalue weighted by atomic mass is 9.48. The minimum absolute atomic E-state index is 0.00427. The van der Waals surface area contributed by atoms with Crippen LogP contribution in [0.3, 0.4) is 0 Å². The maximum absolute atomic E-state index is 12.5. The summed E-state index contributed by atoms with van der Waals surface area (Å²) in [5.74, 6) is 2.75. The first-order valence-corrected chi connectivity index (χ1v) is 10.3. The lowest BCUT2D eigenvalue weighted by molar-refractivity contribution is -0.132.